The summed E-state index contributed by atoms with van der Waals surface area (Å²) in [5.41, 5.74) is 3.37. The maximum Gasteiger partial charge on any atom is 0.217 e. The molecule has 1 aliphatic rings. The number of hydrogen-bond donors (Lipinski definition) is 2. The zero-order chi connectivity index (χ0) is 20.2. The molecule has 8 heteroatoms. The Morgan fingerprint density at radius 2 is 1.93 bits per heavy atom. The normalized spacial score (nSPS) is 18.7. The third-order valence-electron chi connectivity index (χ3n) is 4.92. The molecule has 1 aliphatic heterocycles. The van der Waals surface area contributed by atoms with Crippen molar-refractivity contribution in [1.29, 1.82) is 0 Å². The third kappa shape index (κ3) is 4.72. The lowest BCUT2D eigenvalue weighted by molar-refractivity contribution is -0.697. The molecular weight excluding hydrogens is 386 g/mol. The van der Waals surface area contributed by atoms with Gasteiger partial charge in [-0.15, -0.1) is 5.10 Å². The maximum atomic E-state index is 6.22. The summed E-state index contributed by atoms with van der Waals surface area (Å²) in [6.07, 6.45) is 0.222. The van der Waals surface area contributed by atoms with E-state index in [1.807, 2.05) is 38.4 Å². The van der Waals surface area contributed by atoms with E-state index in [2.05, 4.69) is 49.7 Å². The highest BCUT2D eigenvalue weighted by molar-refractivity contribution is 7.99. The van der Waals surface area contributed by atoms with Gasteiger partial charge in [0, 0.05) is 36.7 Å². The summed E-state index contributed by atoms with van der Waals surface area (Å²) in [6, 6.07) is 16.3. The monoisotopic (exact) mass is 412 g/mol. The molecule has 1 saturated heterocycles. The van der Waals surface area contributed by atoms with Crippen LogP contribution in [0.5, 0.6) is 5.75 Å². The van der Waals surface area contributed by atoms with Gasteiger partial charge in [0.15, 0.2) is 5.82 Å². The smallest absolute Gasteiger partial charge is 0.217 e. The third-order valence-corrected chi connectivity index (χ3v) is 5.90. The van der Waals surface area contributed by atoms with E-state index in [0.29, 0.717) is 0 Å². The molecule has 29 heavy (non-hydrogen) atoms. The number of nitrogens with zero attached hydrogens (tertiary/aromatic N) is 3. The number of nitrogens with one attached hydrogen (secondary N) is 1. The molecule has 0 radical (unpaired) electrons. The van der Waals surface area contributed by atoms with Gasteiger partial charge in [-0.05, 0) is 48.5 Å². The quantitative estimate of drug-likeness (QED) is 0.580. The molecule has 0 aliphatic carbocycles. The van der Waals surface area contributed by atoms with Gasteiger partial charge in [-0.1, -0.05) is 11.8 Å². The summed E-state index contributed by atoms with van der Waals surface area (Å²) in [4.78, 5) is 6.68. The van der Waals surface area contributed by atoms with Crippen LogP contribution in [0.4, 0.5) is 5.69 Å². The Balaban J connectivity index is 1.30. The standard InChI is InChI=1S/C21H25N5O2S/c1-26(2)16-8-4-15(5-9-16)20-22-12-18(28-20)13-29-21-23-19(24-25-21)14-6-10-17(27-3)11-7-14/h4-11,18,20,22H,12-13H2,1-3H3,(H,23,24,25)/p+1/t18-,20-/m1/s1. The fourth-order valence-electron chi connectivity index (χ4n) is 3.23. The second-order valence-corrected chi connectivity index (χ2v) is 8.13. The fourth-order valence-corrected chi connectivity index (χ4v) is 4.05. The highest BCUT2D eigenvalue weighted by Crippen LogP contribution is 2.25. The number of ether oxygens (including phenoxy) is 2. The van der Waals surface area contributed by atoms with Crippen LogP contribution in [-0.2, 0) is 4.74 Å². The molecule has 3 aromatic rings. The van der Waals surface area contributed by atoms with Crippen molar-refractivity contribution in [2.24, 2.45) is 0 Å². The largest absolute Gasteiger partial charge is 0.497 e. The van der Waals surface area contributed by atoms with Gasteiger partial charge in [-0.2, -0.15) is 0 Å². The minimum absolute atomic E-state index is 0.0545. The van der Waals surface area contributed by atoms with E-state index < -0.39 is 0 Å². The Labute approximate surface area is 174 Å². The van der Waals surface area contributed by atoms with Crippen LogP contribution < -0.4 is 15.0 Å². The number of rotatable bonds is 7. The molecule has 2 aromatic carbocycles. The number of hydrogen-bond acceptors (Lipinski definition) is 6. The van der Waals surface area contributed by atoms with Gasteiger partial charge in [0.25, 0.3) is 0 Å². The van der Waals surface area contributed by atoms with E-state index in [0.717, 1.165) is 34.6 Å². The molecular formula is C21H26N5O2S+. The van der Waals surface area contributed by atoms with Gasteiger partial charge < -0.3 is 19.7 Å². The van der Waals surface area contributed by atoms with Crippen molar-refractivity contribution in [3.8, 4) is 17.1 Å². The lowest BCUT2D eigenvalue weighted by Crippen LogP contribution is -2.82. The molecule has 7 nitrogen and oxygen atoms in total. The van der Waals surface area contributed by atoms with Crippen LogP contribution in [0.1, 0.15) is 11.8 Å². The van der Waals surface area contributed by atoms with Crippen molar-refractivity contribution in [3.63, 3.8) is 0 Å². The highest BCUT2D eigenvalue weighted by atomic mass is 32.2. The summed E-state index contributed by atoms with van der Waals surface area (Å²) >= 11 is 1.61. The van der Waals surface area contributed by atoms with Gasteiger partial charge in [0.05, 0.1) is 7.11 Å². The Morgan fingerprint density at radius 3 is 2.62 bits per heavy atom. The molecule has 0 spiro atoms. The minimum Gasteiger partial charge on any atom is -0.497 e. The Hall–Kier alpha value is -2.55. The van der Waals surface area contributed by atoms with Crippen molar-refractivity contribution < 1.29 is 14.8 Å². The maximum absolute atomic E-state index is 6.22. The second kappa shape index (κ2) is 8.86. The number of aromatic nitrogens is 3. The lowest BCUT2D eigenvalue weighted by atomic mass is 10.2. The number of aromatic amines is 1. The average molecular weight is 413 g/mol. The molecule has 1 aromatic heterocycles. The molecule has 0 unspecified atom stereocenters. The fraction of sp³-hybridized carbons (Fsp3) is 0.333. The number of H-pyrrole nitrogens is 1. The van der Waals surface area contributed by atoms with E-state index >= 15 is 0 Å². The first-order chi connectivity index (χ1) is 14.1. The predicted molar refractivity (Wildman–Crippen MR) is 114 cm³/mol. The predicted octanol–water partition coefficient (Wildman–Crippen LogP) is 2.30. The van der Waals surface area contributed by atoms with E-state index in [-0.39, 0.29) is 12.3 Å². The van der Waals surface area contributed by atoms with E-state index in [1.165, 1.54) is 11.3 Å². The number of quaternary nitrogens is 1. The Kier molecular flexibility index (Phi) is 6.03. The van der Waals surface area contributed by atoms with Crippen molar-refractivity contribution in [2.45, 2.75) is 17.5 Å². The first-order valence-corrected chi connectivity index (χ1v) is 10.6. The van der Waals surface area contributed by atoms with E-state index in [9.17, 15) is 0 Å². The first kappa shape index (κ1) is 19.8. The summed E-state index contributed by atoms with van der Waals surface area (Å²) in [7, 11) is 5.75. The molecule has 2 heterocycles. The molecule has 2 atom stereocenters. The molecule has 4 rings (SSSR count). The van der Waals surface area contributed by atoms with Crippen molar-refractivity contribution in [1.82, 2.24) is 15.2 Å². The van der Waals surface area contributed by atoms with Gasteiger partial charge in [-0.3, -0.25) is 5.10 Å². The number of anilines is 1. The van der Waals surface area contributed by atoms with Crippen LogP contribution in [0.2, 0.25) is 0 Å². The van der Waals surface area contributed by atoms with Crippen LogP contribution >= 0.6 is 11.8 Å². The van der Waals surface area contributed by atoms with Gasteiger partial charge >= 0.3 is 0 Å². The minimum atomic E-state index is 0.0545. The topological polar surface area (TPSA) is 79.9 Å². The SMILES string of the molecule is COc1ccc(-c2nc(SC[C@H]3C[NH2+][C@@H](c4ccc(N(C)C)cc4)O3)n[nH]2)cc1. The van der Waals surface area contributed by atoms with E-state index in [4.69, 9.17) is 9.47 Å². The van der Waals surface area contributed by atoms with Crippen LogP contribution in [-0.4, -0.2) is 54.8 Å². The summed E-state index contributed by atoms with van der Waals surface area (Å²) in [5.74, 6) is 2.40. The Bertz CT molecular complexity index is 927. The molecule has 0 amide bonds. The molecule has 1 fully saturated rings. The van der Waals surface area contributed by atoms with Crippen LogP contribution in [0.25, 0.3) is 11.4 Å². The van der Waals surface area contributed by atoms with Gasteiger partial charge in [-0.25, -0.2) is 4.98 Å². The highest BCUT2D eigenvalue weighted by Gasteiger charge is 2.30. The van der Waals surface area contributed by atoms with Gasteiger partial charge in [0.1, 0.15) is 18.4 Å². The van der Waals surface area contributed by atoms with Crippen LogP contribution in [0.3, 0.4) is 0 Å². The summed E-state index contributed by atoms with van der Waals surface area (Å²) < 4.78 is 11.4. The van der Waals surface area contributed by atoms with Crippen LogP contribution in [0, 0.1) is 0 Å². The molecule has 3 N–H and O–H groups in total. The lowest BCUT2D eigenvalue weighted by Gasteiger charge is -2.14. The molecule has 0 bridgehead atoms. The van der Waals surface area contributed by atoms with Gasteiger partial charge in [0.2, 0.25) is 11.4 Å². The average Bonchev–Trinajstić information content (AvgIpc) is 3.42. The van der Waals surface area contributed by atoms with Crippen LogP contribution in [0.15, 0.2) is 53.7 Å². The van der Waals surface area contributed by atoms with Crippen molar-refractivity contribution in [2.75, 3.05) is 38.4 Å². The zero-order valence-electron chi connectivity index (χ0n) is 16.8. The zero-order valence-corrected chi connectivity index (χ0v) is 17.6. The number of benzene rings is 2. The number of methoxy groups -OCH3 is 1. The summed E-state index contributed by atoms with van der Waals surface area (Å²) in [6.45, 7) is 0.933. The second-order valence-electron chi connectivity index (χ2n) is 7.14. The molecule has 0 saturated carbocycles. The summed E-state index contributed by atoms with van der Waals surface area (Å²) in [5, 5.41) is 10.3. The van der Waals surface area contributed by atoms with Crippen molar-refractivity contribution in [3.05, 3.63) is 54.1 Å². The first-order valence-electron chi connectivity index (χ1n) is 9.58. The Morgan fingerprint density at radius 1 is 1.17 bits per heavy atom. The van der Waals surface area contributed by atoms with Crippen molar-refractivity contribution >= 4 is 17.4 Å². The molecule has 152 valence electrons. The number of nitrogens with two attached hydrogens (primary N) is 1. The number of thioether (sulfide) groups is 1. The van der Waals surface area contributed by atoms with E-state index in [1.54, 1.807) is 18.9 Å².